The van der Waals surface area contributed by atoms with E-state index in [0.717, 1.165) is 22.1 Å². The Labute approximate surface area is 117 Å². The smallest absolute Gasteiger partial charge is 0.123 e. The van der Waals surface area contributed by atoms with Gasteiger partial charge in [-0.15, -0.1) is 5.11 Å². The maximum absolute atomic E-state index is 9.81. The topological polar surface area (TPSA) is 80.0 Å². The molecule has 0 radical (unpaired) electrons. The lowest BCUT2D eigenvalue weighted by Crippen LogP contribution is -1.74. The molecule has 100 valence electrons. The Morgan fingerprint density at radius 1 is 0.650 bits per heavy atom. The zero-order chi connectivity index (χ0) is 13.1. The molecular weight excluding hydrogens is 250 g/mol. The van der Waals surface area contributed by atoms with E-state index in [2.05, 4.69) is 10.2 Å². The van der Waals surface area contributed by atoms with E-state index >= 15 is 0 Å². The van der Waals surface area contributed by atoms with Crippen LogP contribution in [0.25, 0.3) is 10.8 Å². The van der Waals surface area contributed by atoms with Gasteiger partial charge < -0.3 is 11.3 Å². The quantitative estimate of drug-likeness (QED) is 0.630. The van der Waals surface area contributed by atoms with E-state index in [-0.39, 0.29) is 11.9 Å². The van der Waals surface area contributed by atoms with Crippen LogP contribution in [0.15, 0.2) is 77.0 Å². The van der Waals surface area contributed by atoms with Crippen LogP contribution in [0.4, 0.5) is 11.4 Å². The third-order valence-electron chi connectivity index (χ3n) is 2.91. The summed E-state index contributed by atoms with van der Waals surface area (Å²) in [6.45, 7) is 0. The minimum absolute atomic E-state index is 0. The van der Waals surface area contributed by atoms with Crippen LogP contribution in [0.1, 0.15) is 0 Å². The van der Waals surface area contributed by atoms with Gasteiger partial charge in [-0.3, -0.25) is 0 Å². The molecule has 0 fully saturated rings. The van der Waals surface area contributed by atoms with Crippen LogP contribution >= 0.6 is 0 Å². The van der Waals surface area contributed by atoms with Crippen molar-refractivity contribution in [3.8, 4) is 5.75 Å². The third kappa shape index (κ3) is 2.65. The van der Waals surface area contributed by atoms with Gasteiger partial charge in [-0.2, -0.15) is 5.11 Å². The summed E-state index contributed by atoms with van der Waals surface area (Å²) >= 11 is 0. The van der Waals surface area contributed by atoms with Crippen molar-refractivity contribution in [2.75, 3.05) is 0 Å². The van der Waals surface area contributed by atoms with Crippen LogP contribution in [0, 0.1) is 0 Å². The number of rotatable bonds is 2. The molecule has 3 aromatic carbocycles. The minimum Gasteiger partial charge on any atom is -0.507 e. The van der Waals surface area contributed by atoms with Gasteiger partial charge in [-0.25, -0.2) is 0 Å². The fourth-order valence-corrected chi connectivity index (χ4v) is 1.96. The van der Waals surface area contributed by atoms with E-state index in [0.29, 0.717) is 0 Å². The van der Waals surface area contributed by atoms with E-state index in [9.17, 15) is 5.11 Å². The second-order valence-corrected chi connectivity index (χ2v) is 4.18. The Morgan fingerprint density at radius 2 is 1.30 bits per heavy atom. The number of nitrogens with zero attached hydrogens (tertiary/aromatic N) is 2. The minimum atomic E-state index is 0. The predicted octanol–water partition coefficient (Wildman–Crippen LogP) is 5.12. The number of phenols is 1. The Kier molecular flexibility index (Phi) is 4.08. The molecule has 4 N–H and O–H groups in total. The lowest BCUT2D eigenvalue weighted by Gasteiger charge is -2.03. The molecule has 0 aliphatic carbocycles. The first-order valence-electron chi connectivity index (χ1n) is 6.02. The third-order valence-corrected chi connectivity index (χ3v) is 2.91. The molecule has 3 aromatic rings. The first-order valence-corrected chi connectivity index (χ1v) is 6.02. The summed E-state index contributed by atoms with van der Waals surface area (Å²) in [6, 6.07) is 20.6. The molecule has 3 rings (SSSR count). The molecule has 0 aliphatic rings. The largest absolute Gasteiger partial charge is 0.507 e. The molecule has 0 aliphatic heterocycles. The van der Waals surface area contributed by atoms with Crippen molar-refractivity contribution < 1.29 is 5.11 Å². The predicted molar refractivity (Wildman–Crippen MR) is 81.3 cm³/mol. The van der Waals surface area contributed by atoms with Gasteiger partial charge in [0.1, 0.15) is 5.75 Å². The standard InChI is InChI=1S/C16H12N2O.H3N/c19-16-11-10-15(13-8-4-5-9-14(13)16)18-17-12-6-2-1-3-7-12;/h1-11,19H;1H3. The summed E-state index contributed by atoms with van der Waals surface area (Å²) in [5.74, 6) is 0.259. The van der Waals surface area contributed by atoms with Gasteiger partial charge >= 0.3 is 0 Å². The number of benzene rings is 3. The van der Waals surface area contributed by atoms with Crippen molar-refractivity contribution in [1.82, 2.24) is 6.15 Å². The Bertz CT molecular complexity index is 739. The van der Waals surface area contributed by atoms with Crippen LogP contribution < -0.4 is 6.15 Å². The van der Waals surface area contributed by atoms with Gasteiger partial charge in [0.05, 0.1) is 11.4 Å². The molecule has 4 heteroatoms. The summed E-state index contributed by atoms with van der Waals surface area (Å²) in [7, 11) is 0. The van der Waals surface area contributed by atoms with Gasteiger partial charge in [0, 0.05) is 10.8 Å². The summed E-state index contributed by atoms with van der Waals surface area (Å²) < 4.78 is 0. The summed E-state index contributed by atoms with van der Waals surface area (Å²) in [6.07, 6.45) is 0. The highest BCUT2D eigenvalue weighted by Crippen LogP contribution is 2.33. The first-order chi connectivity index (χ1) is 9.34. The highest BCUT2D eigenvalue weighted by atomic mass is 16.3. The van der Waals surface area contributed by atoms with E-state index in [1.165, 1.54) is 0 Å². The molecule has 0 amide bonds. The molecule has 0 atom stereocenters. The monoisotopic (exact) mass is 265 g/mol. The highest BCUT2D eigenvalue weighted by molar-refractivity contribution is 5.96. The second kappa shape index (κ2) is 5.95. The number of azo groups is 1. The van der Waals surface area contributed by atoms with Gasteiger partial charge in [0.2, 0.25) is 0 Å². The molecule has 20 heavy (non-hydrogen) atoms. The molecule has 0 heterocycles. The van der Waals surface area contributed by atoms with Crippen molar-refractivity contribution in [2.24, 2.45) is 10.2 Å². The van der Waals surface area contributed by atoms with Crippen molar-refractivity contribution in [3.05, 3.63) is 66.7 Å². The highest BCUT2D eigenvalue weighted by Gasteiger charge is 2.03. The number of aromatic hydroxyl groups is 1. The lowest BCUT2D eigenvalue weighted by atomic mass is 10.1. The molecule has 4 nitrogen and oxygen atoms in total. The van der Waals surface area contributed by atoms with Gasteiger partial charge in [-0.1, -0.05) is 42.5 Å². The van der Waals surface area contributed by atoms with Crippen LogP contribution in [0.5, 0.6) is 5.75 Å². The molecule has 0 saturated carbocycles. The van der Waals surface area contributed by atoms with Crippen molar-refractivity contribution in [1.29, 1.82) is 0 Å². The SMILES string of the molecule is N.Oc1ccc(N=Nc2ccccc2)c2ccccc12. The molecular formula is C16H15N3O. The number of hydrogen-bond donors (Lipinski definition) is 2. The maximum Gasteiger partial charge on any atom is 0.123 e. The molecule has 0 bridgehead atoms. The zero-order valence-corrected chi connectivity index (χ0v) is 10.9. The number of hydrogen-bond acceptors (Lipinski definition) is 4. The first kappa shape index (κ1) is 13.7. The van der Waals surface area contributed by atoms with Gasteiger partial charge in [-0.05, 0) is 24.3 Å². The summed E-state index contributed by atoms with van der Waals surface area (Å²) in [5.41, 5.74) is 1.55. The number of fused-ring (bicyclic) bond motifs is 1. The molecule has 0 spiro atoms. The molecule has 0 aromatic heterocycles. The van der Waals surface area contributed by atoms with Crippen LogP contribution in [-0.2, 0) is 0 Å². The lowest BCUT2D eigenvalue weighted by molar-refractivity contribution is 0.481. The fourth-order valence-electron chi connectivity index (χ4n) is 1.96. The Hall–Kier alpha value is -2.72. The van der Waals surface area contributed by atoms with Crippen LogP contribution in [0.3, 0.4) is 0 Å². The van der Waals surface area contributed by atoms with Gasteiger partial charge in [0.15, 0.2) is 0 Å². The summed E-state index contributed by atoms with van der Waals surface area (Å²) in [4.78, 5) is 0. The van der Waals surface area contributed by atoms with E-state index in [4.69, 9.17) is 0 Å². The molecule has 0 saturated heterocycles. The average Bonchev–Trinajstić information content (AvgIpc) is 2.48. The van der Waals surface area contributed by atoms with E-state index < -0.39 is 0 Å². The van der Waals surface area contributed by atoms with Gasteiger partial charge in [0.25, 0.3) is 0 Å². The second-order valence-electron chi connectivity index (χ2n) is 4.18. The van der Waals surface area contributed by atoms with E-state index in [1.54, 1.807) is 12.1 Å². The Balaban J connectivity index is 0.00000147. The van der Waals surface area contributed by atoms with Crippen LogP contribution in [-0.4, -0.2) is 5.11 Å². The maximum atomic E-state index is 9.81. The summed E-state index contributed by atoms with van der Waals surface area (Å²) in [5, 5.41) is 19.9. The normalized spacial score (nSPS) is 10.6. The fraction of sp³-hybridized carbons (Fsp3) is 0. The van der Waals surface area contributed by atoms with Crippen LogP contribution in [0.2, 0.25) is 0 Å². The van der Waals surface area contributed by atoms with E-state index in [1.807, 2.05) is 54.6 Å². The molecule has 0 unspecified atom stereocenters. The van der Waals surface area contributed by atoms with Crippen molar-refractivity contribution in [3.63, 3.8) is 0 Å². The Morgan fingerprint density at radius 3 is 2.05 bits per heavy atom. The zero-order valence-electron chi connectivity index (χ0n) is 10.9. The van der Waals surface area contributed by atoms with Crippen molar-refractivity contribution in [2.45, 2.75) is 0 Å². The number of phenolic OH excluding ortho intramolecular Hbond substituents is 1. The van der Waals surface area contributed by atoms with Crippen molar-refractivity contribution >= 4 is 22.1 Å². The average molecular weight is 265 g/mol.